The van der Waals surface area contributed by atoms with Crippen LogP contribution in [-0.2, 0) is 0 Å². The van der Waals surface area contributed by atoms with E-state index in [9.17, 15) is 0 Å². The molecule has 29 heavy (non-hydrogen) atoms. The van der Waals surface area contributed by atoms with Crippen molar-refractivity contribution in [1.82, 2.24) is 0 Å². The number of benzene rings is 3. The fourth-order valence-electron chi connectivity index (χ4n) is 4.77. The number of fused-ring (bicyclic) bond motifs is 6. The fourth-order valence-corrected chi connectivity index (χ4v) is 4.77. The molecule has 0 spiro atoms. The van der Waals surface area contributed by atoms with Crippen LogP contribution in [0.25, 0.3) is 55.7 Å². The summed E-state index contributed by atoms with van der Waals surface area (Å²) in [5.74, 6) is 0.545. The van der Waals surface area contributed by atoms with Crippen LogP contribution in [0, 0.1) is 12.8 Å². The van der Waals surface area contributed by atoms with Crippen molar-refractivity contribution in [2.45, 2.75) is 27.2 Å². The average Bonchev–Trinajstić information content (AvgIpc) is 3.25. The quantitative estimate of drug-likeness (QED) is 0.342. The normalized spacial score (nSPS) is 16.5. The molecule has 1 aliphatic carbocycles. The molecule has 2 aromatic heterocycles. The molecule has 1 aliphatic rings. The van der Waals surface area contributed by atoms with Crippen molar-refractivity contribution in [3.05, 3.63) is 70.8 Å². The summed E-state index contributed by atoms with van der Waals surface area (Å²) < 4.78 is 12.2. The molecule has 0 saturated carbocycles. The Labute approximate surface area is 168 Å². The zero-order chi connectivity index (χ0) is 19.7. The molecule has 1 atom stereocenters. The molecule has 2 nitrogen and oxygen atoms in total. The van der Waals surface area contributed by atoms with E-state index in [-0.39, 0.29) is 0 Å². The Morgan fingerprint density at radius 1 is 0.724 bits per heavy atom. The minimum Gasteiger partial charge on any atom is -0.456 e. The molecule has 0 N–H and O–H groups in total. The van der Waals surface area contributed by atoms with E-state index >= 15 is 0 Å². The van der Waals surface area contributed by atoms with E-state index in [0.717, 1.165) is 28.6 Å². The first-order valence-electron chi connectivity index (χ1n) is 10.2. The Balaban J connectivity index is 1.60. The third kappa shape index (κ3) is 2.49. The highest BCUT2D eigenvalue weighted by Crippen LogP contribution is 2.33. The van der Waals surface area contributed by atoms with Crippen molar-refractivity contribution >= 4 is 44.6 Å². The molecule has 142 valence electrons. The molecule has 0 fully saturated rings. The second kappa shape index (κ2) is 5.87. The molecule has 1 unspecified atom stereocenters. The Bertz CT molecular complexity index is 1560. The standard InChI is InChI=1S/C27H22O2/c1-15-4-7-24-20(11-15)21-13-18(5-8-25(21)28-24)19-6-9-26-22(14-19)23-12-16(2)10-17(3)27(23)29-26/h4-9,11-14,16H,10H2,1-3H3. The van der Waals surface area contributed by atoms with E-state index in [1.165, 1.54) is 43.6 Å². The van der Waals surface area contributed by atoms with Gasteiger partial charge >= 0.3 is 0 Å². The lowest BCUT2D eigenvalue weighted by Crippen LogP contribution is -2.27. The van der Waals surface area contributed by atoms with Gasteiger partial charge in [0.2, 0.25) is 0 Å². The van der Waals surface area contributed by atoms with Gasteiger partial charge in [0.15, 0.2) is 0 Å². The molecule has 0 saturated heterocycles. The Morgan fingerprint density at radius 3 is 2.10 bits per heavy atom. The zero-order valence-electron chi connectivity index (χ0n) is 16.9. The topological polar surface area (TPSA) is 26.3 Å². The first-order valence-corrected chi connectivity index (χ1v) is 10.2. The summed E-state index contributed by atoms with van der Waals surface area (Å²) in [6.45, 7) is 6.58. The SMILES string of the molecule is CC1=c2oc3ccc(-c4ccc5oc6ccc(C)cc6c5c4)cc3c2=CC(C)C1. The third-order valence-electron chi connectivity index (χ3n) is 6.15. The summed E-state index contributed by atoms with van der Waals surface area (Å²) in [5, 5.41) is 4.80. The van der Waals surface area contributed by atoms with Crippen LogP contribution in [0.2, 0.25) is 0 Å². The molecule has 2 heteroatoms. The van der Waals surface area contributed by atoms with Gasteiger partial charge in [-0.1, -0.05) is 36.8 Å². The number of furan rings is 2. The summed E-state index contributed by atoms with van der Waals surface area (Å²) in [7, 11) is 0. The Hall–Kier alpha value is -3.26. The predicted molar refractivity (Wildman–Crippen MR) is 120 cm³/mol. The minimum absolute atomic E-state index is 0.545. The fraction of sp³-hybridized carbons (Fsp3) is 0.185. The molecule has 0 radical (unpaired) electrons. The van der Waals surface area contributed by atoms with Crippen LogP contribution in [0.3, 0.4) is 0 Å². The van der Waals surface area contributed by atoms with Crippen molar-refractivity contribution in [2.75, 3.05) is 0 Å². The second-order valence-corrected chi connectivity index (χ2v) is 8.50. The largest absolute Gasteiger partial charge is 0.456 e. The maximum Gasteiger partial charge on any atom is 0.135 e. The molecule has 3 aromatic carbocycles. The lowest BCUT2D eigenvalue weighted by Gasteiger charge is -2.09. The predicted octanol–water partition coefficient (Wildman–Crippen LogP) is 6.30. The van der Waals surface area contributed by atoms with E-state index in [2.05, 4.69) is 81.4 Å². The van der Waals surface area contributed by atoms with E-state index in [1.54, 1.807) is 0 Å². The molecule has 0 bridgehead atoms. The lowest BCUT2D eigenvalue weighted by molar-refractivity contribution is 0.561. The first-order chi connectivity index (χ1) is 14.1. The van der Waals surface area contributed by atoms with Crippen LogP contribution in [-0.4, -0.2) is 0 Å². The highest BCUT2D eigenvalue weighted by Gasteiger charge is 2.14. The van der Waals surface area contributed by atoms with Gasteiger partial charge in [-0.05, 0) is 79.3 Å². The van der Waals surface area contributed by atoms with Crippen molar-refractivity contribution in [3.63, 3.8) is 0 Å². The van der Waals surface area contributed by atoms with Gasteiger partial charge in [-0.15, -0.1) is 0 Å². The summed E-state index contributed by atoms with van der Waals surface area (Å²) in [6, 6.07) is 19.4. The van der Waals surface area contributed by atoms with Crippen molar-refractivity contribution in [1.29, 1.82) is 0 Å². The number of rotatable bonds is 1. The van der Waals surface area contributed by atoms with E-state index in [4.69, 9.17) is 8.83 Å². The van der Waals surface area contributed by atoms with Crippen LogP contribution in [0.1, 0.15) is 25.8 Å². The summed E-state index contributed by atoms with van der Waals surface area (Å²) in [6.07, 6.45) is 3.43. The van der Waals surface area contributed by atoms with Gasteiger partial charge in [0.25, 0.3) is 0 Å². The molecular weight excluding hydrogens is 356 g/mol. The number of aryl methyl sites for hydroxylation is 1. The molecule has 6 rings (SSSR count). The Morgan fingerprint density at radius 2 is 1.34 bits per heavy atom. The molecular formula is C27H22O2. The molecule has 0 amide bonds. The average molecular weight is 378 g/mol. The van der Waals surface area contributed by atoms with Crippen LogP contribution in [0.4, 0.5) is 0 Å². The van der Waals surface area contributed by atoms with Gasteiger partial charge in [0, 0.05) is 21.4 Å². The third-order valence-corrected chi connectivity index (χ3v) is 6.15. The monoisotopic (exact) mass is 378 g/mol. The van der Waals surface area contributed by atoms with E-state index < -0.39 is 0 Å². The van der Waals surface area contributed by atoms with Crippen LogP contribution in [0.15, 0.2) is 63.4 Å². The molecule has 0 aliphatic heterocycles. The number of hydrogen-bond donors (Lipinski definition) is 0. The maximum atomic E-state index is 6.19. The zero-order valence-corrected chi connectivity index (χ0v) is 16.9. The van der Waals surface area contributed by atoms with Crippen LogP contribution < -0.4 is 10.6 Å². The maximum absolute atomic E-state index is 6.19. The smallest absolute Gasteiger partial charge is 0.135 e. The summed E-state index contributed by atoms with van der Waals surface area (Å²) in [5.41, 5.74) is 8.89. The van der Waals surface area contributed by atoms with Crippen molar-refractivity contribution < 1.29 is 8.83 Å². The second-order valence-electron chi connectivity index (χ2n) is 8.50. The molecule has 2 heterocycles. The first kappa shape index (κ1) is 16.7. The van der Waals surface area contributed by atoms with Crippen molar-refractivity contribution in [2.24, 2.45) is 5.92 Å². The van der Waals surface area contributed by atoms with Gasteiger partial charge in [-0.25, -0.2) is 0 Å². The minimum atomic E-state index is 0.545. The van der Waals surface area contributed by atoms with E-state index in [0.29, 0.717) is 5.92 Å². The van der Waals surface area contributed by atoms with Crippen molar-refractivity contribution in [3.8, 4) is 11.1 Å². The highest BCUT2D eigenvalue weighted by molar-refractivity contribution is 6.06. The van der Waals surface area contributed by atoms with Crippen LogP contribution >= 0.6 is 0 Å². The Kier molecular flexibility index (Phi) is 3.37. The lowest BCUT2D eigenvalue weighted by atomic mass is 9.95. The highest BCUT2D eigenvalue weighted by atomic mass is 16.3. The summed E-state index contributed by atoms with van der Waals surface area (Å²) in [4.78, 5) is 0. The van der Waals surface area contributed by atoms with Crippen LogP contribution in [0.5, 0.6) is 0 Å². The molecule has 5 aromatic rings. The van der Waals surface area contributed by atoms with Gasteiger partial charge in [0.1, 0.15) is 22.2 Å². The summed E-state index contributed by atoms with van der Waals surface area (Å²) >= 11 is 0. The van der Waals surface area contributed by atoms with Gasteiger partial charge in [-0.2, -0.15) is 0 Å². The van der Waals surface area contributed by atoms with Gasteiger partial charge in [-0.3, -0.25) is 0 Å². The van der Waals surface area contributed by atoms with Gasteiger partial charge < -0.3 is 8.83 Å². The number of hydrogen-bond acceptors (Lipinski definition) is 2. The van der Waals surface area contributed by atoms with Gasteiger partial charge in [0.05, 0.1) is 0 Å². The van der Waals surface area contributed by atoms with E-state index in [1.807, 2.05) is 0 Å².